The Hall–Kier alpha value is -1.88. The molecule has 1 aromatic rings. The Morgan fingerprint density at radius 1 is 1.35 bits per heavy atom. The molecule has 2 unspecified atom stereocenters. The Kier molecular flexibility index (Phi) is 6.59. The first-order chi connectivity index (χ1) is 11.1. The molecule has 0 bridgehead atoms. The minimum atomic E-state index is -0.269. The highest BCUT2D eigenvalue weighted by Crippen LogP contribution is 2.20. The Balaban J connectivity index is 2.09. The van der Waals surface area contributed by atoms with E-state index in [2.05, 4.69) is 17.6 Å². The van der Waals surface area contributed by atoms with E-state index in [0.717, 1.165) is 38.0 Å². The van der Waals surface area contributed by atoms with Gasteiger partial charge in [-0.1, -0.05) is 37.3 Å². The Morgan fingerprint density at radius 2 is 2.09 bits per heavy atom. The molecule has 1 aliphatic rings. The normalized spacial score (nSPS) is 18.4. The van der Waals surface area contributed by atoms with Crippen LogP contribution in [0, 0.1) is 0 Å². The maximum absolute atomic E-state index is 12.8. The molecule has 126 valence electrons. The molecule has 1 heterocycles. The average molecular weight is 317 g/mol. The summed E-state index contributed by atoms with van der Waals surface area (Å²) in [5.74, 6) is -0.000573. The number of nitrogens with zero attached hydrogens (tertiary/aromatic N) is 1. The maximum Gasteiger partial charge on any atom is 0.225 e. The van der Waals surface area contributed by atoms with Crippen molar-refractivity contribution in [1.29, 1.82) is 0 Å². The highest BCUT2D eigenvalue weighted by molar-refractivity contribution is 5.79. The van der Waals surface area contributed by atoms with Crippen LogP contribution in [-0.2, 0) is 9.59 Å². The van der Waals surface area contributed by atoms with Crippen molar-refractivity contribution < 1.29 is 9.59 Å². The molecule has 0 saturated carbocycles. The number of nitrogens with one attached hydrogen (secondary N) is 2. The summed E-state index contributed by atoms with van der Waals surface area (Å²) in [6, 6.07) is 9.71. The second-order valence-electron chi connectivity index (χ2n) is 6.10. The minimum Gasteiger partial charge on any atom is -0.349 e. The van der Waals surface area contributed by atoms with Gasteiger partial charge in [-0.15, -0.1) is 0 Å². The van der Waals surface area contributed by atoms with Crippen LogP contribution in [0.5, 0.6) is 0 Å². The van der Waals surface area contributed by atoms with Crippen LogP contribution in [0.2, 0.25) is 0 Å². The number of benzene rings is 1. The van der Waals surface area contributed by atoms with Crippen molar-refractivity contribution in [2.45, 2.75) is 45.2 Å². The molecule has 2 atom stereocenters. The molecule has 1 fully saturated rings. The second-order valence-corrected chi connectivity index (χ2v) is 6.10. The van der Waals surface area contributed by atoms with E-state index in [1.54, 1.807) is 0 Å². The van der Waals surface area contributed by atoms with Crippen molar-refractivity contribution in [3.63, 3.8) is 0 Å². The average Bonchev–Trinajstić information content (AvgIpc) is 3.06. The van der Waals surface area contributed by atoms with Crippen LogP contribution in [0.3, 0.4) is 0 Å². The van der Waals surface area contributed by atoms with Crippen LogP contribution >= 0.6 is 0 Å². The lowest BCUT2D eigenvalue weighted by atomic mass is 10.0. The van der Waals surface area contributed by atoms with Crippen molar-refractivity contribution >= 4 is 11.8 Å². The van der Waals surface area contributed by atoms with E-state index in [1.165, 1.54) is 6.92 Å². The van der Waals surface area contributed by atoms with Crippen LogP contribution in [-0.4, -0.2) is 42.4 Å². The highest BCUT2D eigenvalue weighted by Gasteiger charge is 2.28. The van der Waals surface area contributed by atoms with Gasteiger partial charge in [0, 0.05) is 26.1 Å². The molecule has 1 aliphatic heterocycles. The van der Waals surface area contributed by atoms with Crippen LogP contribution < -0.4 is 10.6 Å². The molecule has 23 heavy (non-hydrogen) atoms. The van der Waals surface area contributed by atoms with Crippen molar-refractivity contribution in [2.75, 3.05) is 19.6 Å². The summed E-state index contributed by atoms with van der Waals surface area (Å²) in [4.78, 5) is 26.3. The number of hydrogen-bond donors (Lipinski definition) is 2. The summed E-state index contributed by atoms with van der Waals surface area (Å²) < 4.78 is 0. The van der Waals surface area contributed by atoms with Crippen LogP contribution in [0.4, 0.5) is 0 Å². The minimum absolute atomic E-state index is 0.114. The van der Waals surface area contributed by atoms with E-state index in [4.69, 9.17) is 0 Å². The van der Waals surface area contributed by atoms with Gasteiger partial charge in [0.1, 0.15) is 0 Å². The van der Waals surface area contributed by atoms with E-state index in [9.17, 15) is 9.59 Å². The predicted octanol–water partition coefficient (Wildman–Crippen LogP) is 1.85. The Morgan fingerprint density at radius 3 is 2.65 bits per heavy atom. The molecule has 0 spiro atoms. The third-order valence-corrected chi connectivity index (χ3v) is 4.22. The second kappa shape index (κ2) is 8.67. The van der Waals surface area contributed by atoms with Crippen molar-refractivity contribution in [2.24, 2.45) is 0 Å². The number of carbonyl (C=O) groups excluding carboxylic acids is 2. The third kappa shape index (κ3) is 5.06. The lowest BCUT2D eigenvalue weighted by Gasteiger charge is -2.30. The Bertz CT molecular complexity index is 512. The molecule has 0 aromatic heterocycles. The Labute approximate surface area is 138 Å². The fourth-order valence-electron chi connectivity index (χ4n) is 3.13. The molecule has 2 rings (SSSR count). The summed E-state index contributed by atoms with van der Waals surface area (Å²) >= 11 is 0. The van der Waals surface area contributed by atoms with Gasteiger partial charge in [-0.05, 0) is 24.9 Å². The molecule has 2 N–H and O–H groups in total. The zero-order valence-electron chi connectivity index (χ0n) is 14.0. The van der Waals surface area contributed by atoms with Gasteiger partial charge in [0.05, 0.1) is 12.5 Å². The highest BCUT2D eigenvalue weighted by atomic mass is 16.2. The third-order valence-electron chi connectivity index (χ3n) is 4.22. The maximum atomic E-state index is 12.8. The molecule has 2 amide bonds. The smallest absolute Gasteiger partial charge is 0.225 e. The number of hydrogen-bond acceptors (Lipinski definition) is 3. The topological polar surface area (TPSA) is 61.4 Å². The number of rotatable bonds is 7. The van der Waals surface area contributed by atoms with Gasteiger partial charge in [0.2, 0.25) is 11.8 Å². The van der Waals surface area contributed by atoms with Gasteiger partial charge in [-0.3, -0.25) is 9.59 Å². The fourth-order valence-corrected chi connectivity index (χ4v) is 3.13. The number of amides is 2. The van der Waals surface area contributed by atoms with Crippen molar-refractivity contribution in [3.8, 4) is 0 Å². The van der Waals surface area contributed by atoms with Gasteiger partial charge in [-0.2, -0.15) is 0 Å². The first-order valence-electron chi connectivity index (χ1n) is 8.44. The molecule has 5 nitrogen and oxygen atoms in total. The van der Waals surface area contributed by atoms with E-state index in [0.29, 0.717) is 6.42 Å². The lowest BCUT2D eigenvalue weighted by Crippen LogP contribution is -2.43. The van der Waals surface area contributed by atoms with E-state index in [-0.39, 0.29) is 23.9 Å². The van der Waals surface area contributed by atoms with Gasteiger partial charge in [-0.25, -0.2) is 0 Å². The summed E-state index contributed by atoms with van der Waals surface area (Å²) in [5, 5.41) is 6.23. The monoisotopic (exact) mass is 317 g/mol. The molecular formula is C18H27N3O2. The standard InChI is InChI=1S/C18H27N3O2/c1-3-11-21(16-9-10-19-13-16)18(23)12-17(20-14(2)22)15-7-5-4-6-8-15/h4-8,16-17,19H,3,9-13H2,1-2H3,(H,20,22). The fraction of sp³-hybridized carbons (Fsp3) is 0.556. The first kappa shape index (κ1) is 17.5. The molecule has 5 heteroatoms. The quantitative estimate of drug-likeness (QED) is 0.807. The van der Waals surface area contributed by atoms with E-state index >= 15 is 0 Å². The van der Waals surface area contributed by atoms with Gasteiger partial charge in [0.25, 0.3) is 0 Å². The van der Waals surface area contributed by atoms with E-state index < -0.39 is 0 Å². The summed E-state index contributed by atoms with van der Waals surface area (Å²) in [5.41, 5.74) is 0.969. The van der Waals surface area contributed by atoms with Crippen LogP contribution in [0.15, 0.2) is 30.3 Å². The van der Waals surface area contributed by atoms with Crippen LogP contribution in [0.1, 0.15) is 44.7 Å². The summed E-state index contributed by atoms with van der Waals surface area (Å²) in [6.45, 7) is 6.18. The van der Waals surface area contributed by atoms with Gasteiger partial charge in [0.15, 0.2) is 0 Å². The predicted molar refractivity (Wildman–Crippen MR) is 90.9 cm³/mol. The molecule has 0 aliphatic carbocycles. The van der Waals surface area contributed by atoms with Gasteiger partial charge < -0.3 is 15.5 Å². The first-order valence-corrected chi connectivity index (χ1v) is 8.44. The zero-order valence-corrected chi connectivity index (χ0v) is 14.0. The van der Waals surface area contributed by atoms with Crippen molar-refractivity contribution in [3.05, 3.63) is 35.9 Å². The zero-order chi connectivity index (χ0) is 16.7. The summed E-state index contributed by atoms with van der Waals surface area (Å²) in [7, 11) is 0. The largest absolute Gasteiger partial charge is 0.349 e. The number of carbonyl (C=O) groups is 2. The lowest BCUT2D eigenvalue weighted by molar-refractivity contribution is -0.134. The summed E-state index contributed by atoms with van der Waals surface area (Å²) in [6.07, 6.45) is 2.25. The van der Waals surface area contributed by atoms with Crippen LogP contribution in [0.25, 0.3) is 0 Å². The SMILES string of the molecule is CCCN(C(=O)CC(NC(C)=O)c1ccccc1)C1CCNC1. The molecular weight excluding hydrogens is 290 g/mol. The molecule has 1 aromatic carbocycles. The molecule has 0 radical (unpaired) electrons. The molecule has 1 saturated heterocycles. The van der Waals surface area contributed by atoms with Crippen molar-refractivity contribution in [1.82, 2.24) is 15.5 Å². The van der Waals surface area contributed by atoms with E-state index in [1.807, 2.05) is 35.2 Å². The van der Waals surface area contributed by atoms with Gasteiger partial charge >= 0.3 is 0 Å².